The van der Waals surface area contributed by atoms with Gasteiger partial charge in [-0.2, -0.15) is 5.10 Å². The molecule has 1 amide bonds. The normalized spacial score (nSPS) is 15.1. The van der Waals surface area contributed by atoms with E-state index in [0.717, 1.165) is 35.4 Å². The van der Waals surface area contributed by atoms with Crippen molar-refractivity contribution in [3.63, 3.8) is 0 Å². The third-order valence-corrected chi connectivity index (χ3v) is 5.82. The van der Waals surface area contributed by atoms with Gasteiger partial charge in [0.1, 0.15) is 11.5 Å². The average Bonchev–Trinajstić information content (AvgIpc) is 3.39. The standard InChI is InChI=1S/C23H22FN5O/c1-27-11-3-6-20(27)23(30)28-12-9-16(10-13-28)22-25-21-8-7-18(15-29(21)26-22)17-4-2-5-19(24)14-17/h2-8,11,14-16H,9-10,12-13H2,1H3. The molecule has 1 aliphatic rings. The number of nitrogens with zero attached hydrogens (tertiary/aromatic N) is 5. The number of halogens is 1. The third-order valence-electron chi connectivity index (χ3n) is 5.82. The Morgan fingerprint density at radius 1 is 1.07 bits per heavy atom. The molecular weight excluding hydrogens is 381 g/mol. The lowest BCUT2D eigenvalue weighted by atomic mass is 9.96. The molecule has 0 spiro atoms. The van der Waals surface area contributed by atoms with Crippen LogP contribution in [0.25, 0.3) is 16.8 Å². The van der Waals surface area contributed by atoms with Gasteiger partial charge in [-0.3, -0.25) is 4.79 Å². The average molecular weight is 403 g/mol. The van der Waals surface area contributed by atoms with E-state index in [0.29, 0.717) is 18.8 Å². The third kappa shape index (κ3) is 3.36. The topological polar surface area (TPSA) is 55.4 Å². The largest absolute Gasteiger partial charge is 0.347 e. The van der Waals surface area contributed by atoms with Gasteiger partial charge in [-0.25, -0.2) is 13.9 Å². The lowest BCUT2D eigenvalue weighted by molar-refractivity contribution is 0.0701. The van der Waals surface area contributed by atoms with Crippen LogP contribution in [-0.2, 0) is 7.05 Å². The Bertz CT molecular complexity index is 1220. The molecule has 0 bridgehead atoms. The molecule has 0 N–H and O–H groups in total. The van der Waals surface area contributed by atoms with E-state index in [2.05, 4.69) is 5.10 Å². The molecule has 0 radical (unpaired) electrons. The summed E-state index contributed by atoms with van der Waals surface area (Å²) in [5.41, 5.74) is 3.18. The molecule has 4 heterocycles. The fourth-order valence-corrected chi connectivity index (χ4v) is 4.10. The van der Waals surface area contributed by atoms with Crippen molar-refractivity contribution in [1.29, 1.82) is 0 Å². The Morgan fingerprint density at radius 3 is 2.63 bits per heavy atom. The summed E-state index contributed by atoms with van der Waals surface area (Å²) >= 11 is 0. The highest BCUT2D eigenvalue weighted by molar-refractivity contribution is 5.92. The van der Waals surface area contributed by atoms with Crippen molar-refractivity contribution in [2.75, 3.05) is 13.1 Å². The number of likely N-dealkylation sites (tertiary alicyclic amines) is 1. The van der Waals surface area contributed by atoms with Crippen molar-refractivity contribution in [1.82, 2.24) is 24.1 Å². The number of aromatic nitrogens is 4. The summed E-state index contributed by atoms with van der Waals surface area (Å²) in [7, 11) is 1.89. The fourth-order valence-electron chi connectivity index (χ4n) is 4.10. The molecular formula is C23H22FN5O. The van der Waals surface area contributed by atoms with E-state index in [4.69, 9.17) is 4.98 Å². The molecule has 5 rings (SSSR count). The minimum Gasteiger partial charge on any atom is -0.347 e. The number of aryl methyl sites for hydroxylation is 1. The van der Waals surface area contributed by atoms with Crippen molar-refractivity contribution < 1.29 is 9.18 Å². The van der Waals surface area contributed by atoms with Crippen LogP contribution in [-0.4, -0.2) is 43.1 Å². The molecule has 30 heavy (non-hydrogen) atoms. The van der Waals surface area contributed by atoms with E-state index in [1.165, 1.54) is 12.1 Å². The number of fused-ring (bicyclic) bond motifs is 1. The number of hydrogen-bond donors (Lipinski definition) is 0. The van der Waals surface area contributed by atoms with Crippen LogP contribution in [0.4, 0.5) is 4.39 Å². The van der Waals surface area contributed by atoms with Gasteiger partial charge in [-0.15, -0.1) is 0 Å². The van der Waals surface area contributed by atoms with Gasteiger partial charge in [-0.1, -0.05) is 12.1 Å². The number of benzene rings is 1. The molecule has 0 unspecified atom stereocenters. The van der Waals surface area contributed by atoms with E-state index in [9.17, 15) is 9.18 Å². The lowest BCUT2D eigenvalue weighted by Crippen LogP contribution is -2.38. The Labute approximate surface area is 173 Å². The van der Waals surface area contributed by atoms with Crippen LogP contribution in [0.15, 0.2) is 60.9 Å². The van der Waals surface area contributed by atoms with Gasteiger partial charge < -0.3 is 9.47 Å². The summed E-state index contributed by atoms with van der Waals surface area (Å²) in [6.07, 6.45) is 5.45. The highest BCUT2D eigenvalue weighted by Gasteiger charge is 2.27. The van der Waals surface area contributed by atoms with Crippen molar-refractivity contribution >= 4 is 11.6 Å². The molecule has 3 aromatic heterocycles. The van der Waals surface area contributed by atoms with Gasteiger partial charge in [0, 0.05) is 44.0 Å². The molecule has 0 atom stereocenters. The number of rotatable bonds is 3. The van der Waals surface area contributed by atoms with E-state index in [1.807, 2.05) is 59.2 Å². The predicted molar refractivity (Wildman–Crippen MR) is 112 cm³/mol. The van der Waals surface area contributed by atoms with Gasteiger partial charge in [0.2, 0.25) is 0 Å². The van der Waals surface area contributed by atoms with Crippen LogP contribution in [0.2, 0.25) is 0 Å². The molecule has 0 aliphatic carbocycles. The van der Waals surface area contributed by atoms with Gasteiger partial charge in [-0.05, 0) is 54.8 Å². The maximum absolute atomic E-state index is 13.6. The fraction of sp³-hybridized carbons (Fsp3) is 0.261. The molecule has 7 heteroatoms. The van der Waals surface area contributed by atoms with E-state index in [-0.39, 0.29) is 17.6 Å². The molecule has 1 aromatic carbocycles. The van der Waals surface area contributed by atoms with Gasteiger partial charge >= 0.3 is 0 Å². The van der Waals surface area contributed by atoms with Gasteiger partial charge in [0.15, 0.2) is 11.5 Å². The molecule has 1 fully saturated rings. The number of carbonyl (C=O) groups is 1. The van der Waals surface area contributed by atoms with Crippen molar-refractivity contribution in [3.05, 3.63) is 78.3 Å². The Balaban J connectivity index is 1.32. The van der Waals surface area contributed by atoms with Crippen LogP contribution in [0.3, 0.4) is 0 Å². The van der Waals surface area contributed by atoms with E-state index in [1.54, 1.807) is 10.6 Å². The van der Waals surface area contributed by atoms with E-state index < -0.39 is 0 Å². The smallest absolute Gasteiger partial charge is 0.270 e. The highest BCUT2D eigenvalue weighted by atomic mass is 19.1. The van der Waals surface area contributed by atoms with Crippen LogP contribution in [0, 0.1) is 5.82 Å². The van der Waals surface area contributed by atoms with Crippen LogP contribution in [0.1, 0.15) is 35.1 Å². The molecule has 1 saturated heterocycles. The number of amides is 1. The zero-order valence-corrected chi connectivity index (χ0v) is 16.7. The summed E-state index contributed by atoms with van der Waals surface area (Å²) in [4.78, 5) is 19.3. The summed E-state index contributed by atoms with van der Waals surface area (Å²) in [5.74, 6) is 0.838. The lowest BCUT2D eigenvalue weighted by Gasteiger charge is -2.30. The molecule has 0 saturated carbocycles. The number of hydrogen-bond acceptors (Lipinski definition) is 3. The number of carbonyl (C=O) groups excluding carboxylic acids is 1. The quantitative estimate of drug-likeness (QED) is 0.521. The molecule has 6 nitrogen and oxygen atoms in total. The number of piperidine rings is 1. The molecule has 152 valence electrons. The van der Waals surface area contributed by atoms with E-state index >= 15 is 0 Å². The SMILES string of the molecule is Cn1cccc1C(=O)N1CCC(c2nc3ccc(-c4cccc(F)c4)cn3n2)CC1. The predicted octanol–water partition coefficient (Wildman–Crippen LogP) is 3.89. The Morgan fingerprint density at radius 2 is 1.90 bits per heavy atom. The monoisotopic (exact) mass is 403 g/mol. The van der Waals surface area contributed by atoms with Crippen molar-refractivity contribution in [3.8, 4) is 11.1 Å². The van der Waals surface area contributed by atoms with Crippen molar-refractivity contribution in [2.45, 2.75) is 18.8 Å². The van der Waals surface area contributed by atoms with Gasteiger partial charge in [0.05, 0.1) is 0 Å². The maximum Gasteiger partial charge on any atom is 0.270 e. The zero-order valence-electron chi connectivity index (χ0n) is 16.7. The summed E-state index contributed by atoms with van der Waals surface area (Å²) in [5, 5.41) is 4.68. The molecule has 4 aromatic rings. The first-order valence-corrected chi connectivity index (χ1v) is 10.1. The van der Waals surface area contributed by atoms with Crippen LogP contribution in [0.5, 0.6) is 0 Å². The summed E-state index contributed by atoms with van der Waals surface area (Å²) in [6, 6.07) is 14.1. The Kier molecular flexibility index (Phi) is 4.58. The van der Waals surface area contributed by atoms with Crippen LogP contribution >= 0.6 is 0 Å². The first kappa shape index (κ1) is 18.5. The van der Waals surface area contributed by atoms with Gasteiger partial charge in [0.25, 0.3) is 5.91 Å². The summed E-state index contributed by atoms with van der Waals surface area (Å²) in [6.45, 7) is 1.39. The van der Waals surface area contributed by atoms with Crippen LogP contribution < -0.4 is 0 Å². The van der Waals surface area contributed by atoms with Crippen molar-refractivity contribution in [2.24, 2.45) is 7.05 Å². The maximum atomic E-state index is 13.6. The highest BCUT2D eigenvalue weighted by Crippen LogP contribution is 2.28. The minimum atomic E-state index is -0.261. The second-order valence-corrected chi connectivity index (χ2v) is 7.77. The second kappa shape index (κ2) is 7.40. The minimum absolute atomic E-state index is 0.0728. The second-order valence-electron chi connectivity index (χ2n) is 7.77. The zero-order chi connectivity index (χ0) is 20.7. The number of pyridine rings is 1. The Hall–Kier alpha value is -3.48. The summed E-state index contributed by atoms with van der Waals surface area (Å²) < 4.78 is 17.2. The first-order chi connectivity index (χ1) is 14.6. The molecule has 1 aliphatic heterocycles. The first-order valence-electron chi connectivity index (χ1n) is 10.1.